The van der Waals surface area contributed by atoms with Crippen LogP contribution >= 0.6 is 0 Å². The van der Waals surface area contributed by atoms with E-state index in [4.69, 9.17) is 19.8 Å². The van der Waals surface area contributed by atoms with Crippen molar-refractivity contribution in [1.29, 1.82) is 5.26 Å². The maximum absolute atomic E-state index is 10.5. The molecule has 0 radical (unpaired) electrons. The smallest absolute Gasteiger partial charge is 0.328 e. The molecular formula is C16H19NO4. The quantitative estimate of drug-likeness (QED) is 0.780. The molecule has 1 aromatic rings. The van der Waals surface area contributed by atoms with Gasteiger partial charge in [-0.15, -0.1) is 0 Å². The van der Waals surface area contributed by atoms with Gasteiger partial charge in [-0.2, -0.15) is 5.26 Å². The van der Waals surface area contributed by atoms with Crippen molar-refractivity contribution in [3.63, 3.8) is 0 Å². The molecule has 5 heteroatoms. The van der Waals surface area contributed by atoms with Crippen LogP contribution in [0.2, 0.25) is 0 Å². The van der Waals surface area contributed by atoms with Crippen LogP contribution in [0.3, 0.4) is 0 Å². The first-order valence-corrected chi connectivity index (χ1v) is 6.51. The fourth-order valence-electron chi connectivity index (χ4n) is 1.55. The molecule has 0 heterocycles. The van der Waals surface area contributed by atoms with E-state index in [0.717, 1.165) is 6.08 Å². The molecule has 0 saturated carbocycles. The second kappa shape index (κ2) is 7.34. The highest BCUT2D eigenvalue weighted by atomic mass is 16.5. The summed E-state index contributed by atoms with van der Waals surface area (Å²) in [6, 6.07) is 7.38. The fourth-order valence-corrected chi connectivity index (χ4v) is 1.55. The predicted octanol–water partition coefficient (Wildman–Crippen LogP) is 3.11. The van der Waals surface area contributed by atoms with E-state index in [9.17, 15) is 4.79 Å². The highest BCUT2D eigenvalue weighted by molar-refractivity contribution is 5.85. The van der Waals surface area contributed by atoms with Crippen LogP contribution in [0.5, 0.6) is 11.5 Å². The molecule has 0 aliphatic carbocycles. The van der Waals surface area contributed by atoms with Crippen LogP contribution in [0.1, 0.15) is 25.8 Å². The highest BCUT2D eigenvalue weighted by Gasteiger charge is 2.17. The number of nitriles is 1. The molecule has 21 heavy (non-hydrogen) atoms. The summed E-state index contributed by atoms with van der Waals surface area (Å²) in [6.45, 7) is 4.11. The first-order chi connectivity index (χ1) is 9.88. The van der Waals surface area contributed by atoms with Gasteiger partial charge in [-0.3, -0.25) is 0 Å². The molecule has 0 saturated heterocycles. The lowest BCUT2D eigenvalue weighted by molar-refractivity contribution is -0.131. The van der Waals surface area contributed by atoms with Crippen molar-refractivity contribution in [2.45, 2.75) is 20.3 Å². The lowest BCUT2D eigenvalue weighted by Gasteiger charge is -2.16. The van der Waals surface area contributed by atoms with Crippen molar-refractivity contribution in [2.24, 2.45) is 5.41 Å². The van der Waals surface area contributed by atoms with E-state index in [1.165, 1.54) is 13.2 Å². The van der Waals surface area contributed by atoms with Crippen molar-refractivity contribution in [2.75, 3.05) is 13.7 Å². The van der Waals surface area contributed by atoms with E-state index in [1.54, 1.807) is 18.2 Å². The Hall–Kier alpha value is -2.48. The van der Waals surface area contributed by atoms with Gasteiger partial charge in [0.25, 0.3) is 0 Å². The van der Waals surface area contributed by atoms with E-state index < -0.39 is 11.4 Å². The summed E-state index contributed by atoms with van der Waals surface area (Å²) in [5.41, 5.74) is 0.274. The number of ether oxygens (including phenoxy) is 2. The van der Waals surface area contributed by atoms with Crippen LogP contribution in [-0.2, 0) is 4.79 Å². The second-order valence-electron chi connectivity index (χ2n) is 5.18. The lowest BCUT2D eigenvalue weighted by atomic mass is 9.92. The first kappa shape index (κ1) is 16.6. The van der Waals surface area contributed by atoms with Gasteiger partial charge in [0.05, 0.1) is 25.2 Å². The third-order valence-corrected chi connectivity index (χ3v) is 2.89. The maximum Gasteiger partial charge on any atom is 0.328 e. The van der Waals surface area contributed by atoms with E-state index in [2.05, 4.69) is 6.07 Å². The van der Waals surface area contributed by atoms with E-state index in [1.807, 2.05) is 13.8 Å². The summed E-state index contributed by atoms with van der Waals surface area (Å²) in [4.78, 5) is 10.5. The minimum atomic E-state index is -1.01. The monoisotopic (exact) mass is 289 g/mol. The summed E-state index contributed by atoms with van der Waals surface area (Å²) < 4.78 is 10.9. The molecule has 1 rings (SSSR count). The van der Waals surface area contributed by atoms with Gasteiger partial charge in [0.1, 0.15) is 0 Å². The van der Waals surface area contributed by atoms with Gasteiger partial charge >= 0.3 is 5.97 Å². The average Bonchev–Trinajstić information content (AvgIpc) is 2.45. The summed E-state index contributed by atoms with van der Waals surface area (Å²) in [7, 11) is 1.52. The zero-order valence-electron chi connectivity index (χ0n) is 12.4. The number of methoxy groups -OCH3 is 1. The molecule has 112 valence electrons. The molecule has 0 unspecified atom stereocenters. The number of rotatable bonds is 7. The SMILES string of the molecule is COc1cc(C=CC(=O)O)ccc1OCCC(C)(C)C#N. The van der Waals surface area contributed by atoms with Crippen molar-refractivity contribution < 1.29 is 19.4 Å². The number of benzene rings is 1. The van der Waals surface area contributed by atoms with Gasteiger partial charge < -0.3 is 14.6 Å². The topological polar surface area (TPSA) is 79.6 Å². The number of hydrogen-bond acceptors (Lipinski definition) is 4. The Labute approximate surface area is 124 Å². The highest BCUT2D eigenvalue weighted by Crippen LogP contribution is 2.29. The number of carbonyl (C=O) groups is 1. The molecule has 0 amide bonds. The molecule has 0 aromatic heterocycles. The molecule has 1 N–H and O–H groups in total. The first-order valence-electron chi connectivity index (χ1n) is 6.51. The largest absolute Gasteiger partial charge is 0.493 e. The van der Waals surface area contributed by atoms with E-state index >= 15 is 0 Å². The number of carboxylic acid groups (broad SMARTS) is 1. The Morgan fingerprint density at radius 1 is 1.43 bits per heavy atom. The number of carboxylic acids is 1. The Morgan fingerprint density at radius 2 is 2.14 bits per heavy atom. The summed E-state index contributed by atoms with van der Waals surface area (Å²) in [6.07, 6.45) is 3.14. The zero-order valence-corrected chi connectivity index (χ0v) is 12.4. The van der Waals surface area contributed by atoms with E-state index in [0.29, 0.717) is 30.1 Å². The standard InChI is InChI=1S/C16H19NO4/c1-16(2,11-17)8-9-21-13-6-4-12(5-7-15(18)19)10-14(13)20-3/h4-7,10H,8-9H2,1-3H3,(H,18,19). The lowest BCUT2D eigenvalue weighted by Crippen LogP contribution is -2.13. The maximum atomic E-state index is 10.5. The minimum absolute atomic E-state index is 0.404. The minimum Gasteiger partial charge on any atom is -0.493 e. The molecular weight excluding hydrogens is 270 g/mol. The Bertz CT molecular complexity index is 570. The van der Waals surface area contributed by atoms with Crippen LogP contribution in [0.4, 0.5) is 0 Å². The van der Waals surface area contributed by atoms with Crippen LogP contribution in [0.15, 0.2) is 24.3 Å². The third kappa shape index (κ3) is 5.57. The third-order valence-electron chi connectivity index (χ3n) is 2.89. The Kier molecular flexibility index (Phi) is 5.79. The molecule has 0 bridgehead atoms. The molecule has 0 aliphatic heterocycles. The normalized spacial score (nSPS) is 11.1. The van der Waals surface area contributed by atoms with Gasteiger partial charge in [-0.1, -0.05) is 6.07 Å². The van der Waals surface area contributed by atoms with Gasteiger partial charge in [0, 0.05) is 6.08 Å². The molecule has 0 fully saturated rings. The Balaban J connectivity index is 2.76. The summed E-state index contributed by atoms with van der Waals surface area (Å²) in [5.74, 6) is 0.0871. The molecule has 0 atom stereocenters. The Morgan fingerprint density at radius 3 is 2.71 bits per heavy atom. The van der Waals surface area contributed by atoms with Crippen molar-refractivity contribution in [3.05, 3.63) is 29.8 Å². The number of aliphatic carboxylic acids is 1. The van der Waals surface area contributed by atoms with Crippen LogP contribution in [-0.4, -0.2) is 24.8 Å². The molecule has 0 spiro atoms. The van der Waals surface area contributed by atoms with Crippen molar-refractivity contribution >= 4 is 12.0 Å². The van der Waals surface area contributed by atoms with Crippen molar-refractivity contribution in [1.82, 2.24) is 0 Å². The zero-order chi connectivity index (χ0) is 15.9. The molecule has 5 nitrogen and oxygen atoms in total. The number of nitrogens with zero attached hydrogens (tertiary/aromatic N) is 1. The van der Waals surface area contributed by atoms with Crippen LogP contribution in [0.25, 0.3) is 6.08 Å². The van der Waals surface area contributed by atoms with Crippen molar-refractivity contribution in [3.8, 4) is 17.6 Å². The second-order valence-corrected chi connectivity index (χ2v) is 5.18. The van der Waals surface area contributed by atoms with Crippen LogP contribution in [0, 0.1) is 16.7 Å². The predicted molar refractivity (Wildman–Crippen MR) is 79.2 cm³/mol. The van der Waals surface area contributed by atoms with Gasteiger partial charge in [-0.25, -0.2) is 4.79 Å². The molecule has 0 aliphatic rings. The van der Waals surface area contributed by atoms with Crippen LogP contribution < -0.4 is 9.47 Å². The average molecular weight is 289 g/mol. The summed E-state index contributed by atoms with van der Waals surface area (Å²) in [5, 5.41) is 17.5. The molecule has 1 aromatic carbocycles. The van der Waals surface area contributed by atoms with Gasteiger partial charge in [0.2, 0.25) is 0 Å². The van der Waals surface area contributed by atoms with E-state index in [-0.39, 0.29) is 0 Å². The summed E-state index contributed by atoms with van der Waals surface area (Å²) >= 11 is 0. The fraction of sp³-hybridized carbons (Fsp3) is 0.375. The number of hydrogen-bond donors (Lipinski definition) is 1. The van der Waals surface area contributed by atoms with Gasteiger partial charge in [-0.05, 0) is 44.0 Å². The van der Waals surface area contributed by atoms with Gasteiger partial charge in [0.15, 0.2) is 11.5 Å².